The lowest BCUT2D eigenvalue weighted by Crippen LogP contribution is -2.17. The fraction of sp³-hybridized carbons (Fsp3) is 0.125. The van der Waals surface area contributed by atoms with Crippen molar-refractivity contribution >= 4 is 70.2 Å². The highest BCUT2D eigenvalue weighted by molar-refractivity contribution is 6.26. The van der Waals surface area contributed by atoms with E-state index in [0.717, 1.165) is 5.75 Å². The number of hydrogen-bond donors (Lipinski definition) is 0. The van der Waals surface area contributed by atoms with Gasteiger partial charge in [0.15, 0.2) is 0 Å². The molecule has 2 unspecified atom stereocenters. The summed E-state index contributed by atoms with van der Waals surface area (Å²) in [6, 6.07) is 45.8. The molecule has 1 aliphatic carbocycles. The molecule has 232 valence electrons. The molecule has 0 saturated heterocycles. The van der Waals surface area contributed by atoms with E-state index in [1.165, 1.54) is 98.0 Å². The fourth-order valence-electron chi connectivity index (χ4n) is 8.94. The van der Waals surface area contributed by atoms with E-state index in [1.807, 2.05) is 0 Å². The molecule has 1 heteroatoms. The third kappa shape index (κ3) is 3.82. The van der Waals surface area contributed by atoms with Crippen molar-refractivity contribution in [2.75, 3.05) is 0 Å². The Kier molecular flexibility index (Phi) is 5.29. The van der Waals surface area contributed by atoms with Gasteiger partial charge in [-0.2, -0.15) is 0 Å². The third-order valence-corrected chi connectivity index (χ3v) is 11.4. The predicted molar refractivity (Wildman–Crippen MR) is 209 cm³/mol. The number of ether oxygens (including phenoxy) is 1. The molecule has 1 nitrogen and oxygen atoms in total. The average Bonchev–Trinajstić information content (AvgIpc) is 3.49. The van der Waals surface area contributed by atoms with Crippen molar-refractivity contribution in [1.82, 2.24) is 0 Å². The van der Waals surface area contributed by atoms with E-state index in [2.05, 4.69) is 160 Å². The van der Waals surface area contributed by atoms with Crippen molar-refractivity contribution in [3.63, 3.8) is 0 Å². The van der Waals surface area contributed by atoms with Crippen molar-refractivity contribution in [3.8, 4) is 16.9 Å². The molecule has 0 spiro atoms. The summed E-state index contributed by atoms with van der Waals surface area (Å²) in [6.07, 6.45) is 6.99. The van der Waals surface area contributed by atoms with Gasteiger partial charge in [0.2, 0.25) is 0 Å². The minimum atomic E-state index is 0.00662. The highest BCUT2D eigenvalue weighted by atomic mass is 16.5. The molecule has 2 aliphatic rings. The number of hydrogen-bond acceptors (Lipinski definition) is 1. The molecular weight excluding hydrogens is 593 g/mol. The first-order valence-electron chi connectivity index (χ1n) is 17.5. The van der Waals surface area contributed by atoms with Crippen LogP contribution in [0.15, 0.2) is 140 Å². The molecular formula is C48H34O. The van der Waals surface area contributed by atoms with Gasteiger partial charge in [0, 0.05) is 11.5 Å². The normalized spacial score (nSPS) is 17.5. The number of fused-ring (bicyclic) bond motifs is 3. The Balaban J connectivity index is 1.05. The van der Waals surface area contributed by atoms with E-state index in [1.54, 1.807) is 0 Å². The molecule has 0 aromatic heterocycles. The van der Waals surface area contributed by atoms with Crippen molar-refractivity contribution in [1.29, 1.82) is 0 Å². The average molecular weight is 627 g/mol. The molecule has 11 rings (SSSR count). The topological polar surface area (TPSA) is 9.23 Å². The van der Waals surface area contributed by atoms with Gasteiger partial charge in [-0.1, -0.05) is 142 Å². The van der Waals surface area contributed by atoms with Gasteiger partial charge in [-0.15, -0.1) is 0 Å². The van der Waals surface area contributed by atoms with Crippen molar-refractivity contribution in [2.45, 2.75) is 38.2 Å². The van der Waals surface area contributed by atoms with Gasteiger partial charge in [0.25, 0.3) is 0 Å². The van der Waals surface area contributed by atoms with Gasteiger partial charge < -0.3 is 4.74 Å². The summed E-state index contributed by atoms with van der Waals surface area (Å²) >= 11 is 0. The second-order valence-corrected chi connectivity index (χ2v) is 15.2. The lowest BCUT2D eigenvalue weighted by Gasteiger charge is -2.22. The lowest BCUT2D eigenvalue weighted by atomic mass is 9.82. The van der Waals surface area contributed by atoms with Gasteiger partial charge in [-0.3, -0.25) is 0 Å². The molecule has 0 fully saturated rings. The van der Waals surface area contributed by atoms with E-state index < -0.39 is 0 Å². The maximum absolute atomic E-state index is 6.55. The maximum Gasteiger partial charge on any atom is 0.128 e. The Labute approximate surface area is 285 Å². The first kappa shape index (κ1) is 27.3. The summed E-state index contributed by atoms with van der Waals surface area (Å²) in [5, 5.41) is 15.9. The summed E-state index contributed by atoms with van der Waals surface area (Å²) in [4.78, 5) is 0. The smallest absolute Gasteiger partial charge is 0.128 e. The highest BCUT2D eigenvalue weighted by Crippen LogP contribution is 2.48. The van der Waals surface area contributed by atoms with E-state index in [4.69, 9.17) is 4.74 Å². The zero-order valence-corrected chi connectivity index (χ0v) is 27.8. The maximum atomic E-state index is 6.55. The second kappa shape index (κ2) is 9.49. The molecule has 0 bridgehead atoms. The molecule has 9 aromatic rings. The largest absolute Gasteiger partial charge is 0.485 e. The summed E-state index contributed by atoms with van der Waals surface area (Å²) in [6.45, 7) is 6.89. The number of rotatable bonds is 2. The SMILES string of the molecule is CC(C)(C)c1cc2ccc3ccc(-c4ccc5c(c4)C4C=C(c6ccc7ccc8cccc9ccc6c7c89)C=CC4O5)c4ccc(c1)c2c34. The lowest BCUT2D eigenvalue weighted by molar-refractivity contribution is 0.269. The van der Waals surface area contributed by atoms with Crippen LogP contribution in [0, 0.1) is 0 Å². The van der Waals surface area contributed by atoms with Crippen LogP contribution in [0.1, 0.15) is 43.4 Å². The Morgan fingerprint density at radius 3 is 1.82 bits per heavy atom. The van der Waals surface area contributed by atoms with Gasteiger partial charge in [-0.05, 0) is 116 Å². The zero-order chi connectivity index (χ0) is 32.6. The van der Waals surface area contributed by atoms with Crippen LogP contribution in [-0.4, -0.2) is 6.10 Å². The predicted octanol–water partition coefficient (Wildman–Crippen LogP) is 12.9. The van der Waals surface area contributed by atoms with Crippen LogP contribution in [0.3, 0.4) is 0 Å². The highest BCUT2D eigenvalue weighted by Gasteiger charge is 2.34. The Bertz CT molecular complexity index is 2860. The fourth-order valence-corrected chi connectivity index (χ4v) is 8.94. The van der Waals surface area contributed by atoms with Crippen molar-refractivity contribution < 1.29 is 4.74 Å². The second-order valence-electron chi connectivity index (χ2n) is 15.2. The van der Waals surface area contributed by atoms with Gasteiger partial charge >= 0.3 is 0 Å². The molecule has 0 amide bonds. The molecule has 49 heavy (non-hydrogen) atoms. The van der Waals surface area contributed by atoms with Gasteiger partial charge in [0.05, 0.1) is 0 Å². The van der Waals surface area contributed by atoms with E-state index >= 15 is 0 Å². The first-order valence-corrected chi connectivity index (χ1v) is 17.5. The quantitative estimate of drug-likeness (QED) is 0.174. The first-order chi connectivity index (χ1) is 23.9. The van der Waals surface area contributed by atoms with Gasteiger partial charge in [0.1, 0.15) is 11.9 Å². The molecule has 0 saturated carbocycles. The molecule has 9 aromatic carbocycles. The number of benzene rings is 9. The summed E-state index contributed by atoms with van der Waals surface area (Å²) in [7, 11) is 0. The van der Waals surface area contributed by atoms with Crippen LogP contribution < -0.4 is 4.74 Å². The van der Waals surface area contributed by atoms with Crippen LogP contribution in [-0.2, 0) is 5.41 Å². The van der Waals surface area contributed by atoms with Crippen LogP contribution in [0.25, 0.3) is 81.3 Å². The Morgan fingerprint density at radius 1 is 0.531 bits per heavy atom. The van der Waals surface area contributed by atoms with Crippen LogP contribution >= 0.6 is 0 Å². The van der Waals surface area contributed by atoms with E-state index in [9.17, 15) is 0 Å². The summed E-state index contributed by atoms with van der Waals surface area (Å²) in [5.41, 5.74) is 7.80. The van der Waals surface area contributed by atoms with Crippen LogP contribution in [0.2, 0.25) is 0 Å². The Morgan fingerprint density at radius 2 is 1.10 bits per heavy atom. The minimum Gasteiger partial charge on any atom is -0.485 e. The zero-order valence-electron chi connectivity index (χ0n) is 27.8. The third-order valence-electron chi connectivity index (χ3n) is 11.4. The molecule has 2 atom stereocenters. The summed E-state index contributed by atoms with van der Waals surface area (Å²) < 4.78 is 6.55. The Hall–Kier alpha value is -5.66. The van der Waals surface area contributed by atoms with E-state index in [0.29, 0.717) is 0 Å². The molecule has 1 aliphatic heterocycles. The molecule has 0 N–H and O–H groups in total. The number of allylic oxidation sites excluding steroid dienone is 2. The van der Waals surface area contributed by atoms with Crippen LogP contribution in [0.4, 0.5) is 0 Å². The monoisotopic (exact) mass is 626 g/mol. The summed E-state index contributed by atoms with van der Waals surface area (Å²) in [5.74, 6) is 1.15. The van der Waals surface area contributed by atoms with Crippen LogP contribution in [0.5, 0.6) is 5.75 Å². The molecule has 0 radical (unpaired) electrons. The molecule has 1 heterocycles. The van der Waals surface area contributed by atoms with Gasteiger partial charge in [-0.25, -0.2) is 0 Å². The van der Waals surface area contributed by atoms with Crippen molar-refractivity contribution in [2.24, 2.45) is 0 Å². The minimum absolute atomic E-state index is 0.00662. The van der Waals surface area contributed by atoms with Crippen molar-refractivity contribution in [3.05, 3.63) is 156 Å². The van der Waals surface area contributed by atoms with E-state index in [-0.39, 0.29) is 17.4 Å². The standard InChI is InChI=1S/C48H34O/c1-48(2,3)35-23-33-10-9-30-12-18-37(39-20-14-34(24-35)45(33)47(30)39)32-16-22-43-41(26-32)40-25-31(15-21-42(40)49-43)36-17-11-29-8-7-27-5-4-6-28-13-19-38(36)46(29)44(27)28/h4-26,40,42H,1-3H3.